The van der Waals surface area contributed by atoms with Crippen LogP contribution in [0.1, 0.15) is 389 Å². The number of hydrogen-bond acceptors (Lipinski definition) is 11. The van der Waals surface area contributed by atoms with Gasteiger partial charge in [0.05, 0.1) is 67.2 Å². The summed E-state index contributed by atoms with van der Waals surface area (Å²) in [6.07, 6.45) is 65.3. The molecule has 0 spiro atoms. The third-order valence-corrected chi connectivity index (χ3v) is 21.9. The van der Waals surface area contributed by atoms with E-state index in [0.717, 1.165) is 160 Å². The van der Waals surface area contributed by atoms with Crippen molar-refractivity contribution in [2.45, 2.75) is 375 Å². The summed E-state index contributed by atoms with van der Waals surface area (Å²) in [6.45, 7) is 14.7. The fourth-order valence-electron chi connectivity index (χ4n) is 15.1. The van der Waals surface area contributed by atoms with Gasteiger partial charge in [-0.1, -0.05) is 336 Å². The highest BCUT2D eigenvalue weighted by Gasteiger charge is 2.17. The van der Waals surface area contributed by atoms with Gasteiger partial charge in [-0.2, -0.15) is 30.7 Å². The Kier molecular flexibility index (Phi) is 49.1. The van der Waals surface area contributed by atoms with Gasteiger partial charge in [-0.15, -0.1) is 0 Å². The second-order valence-corrected chi connectivity index (χ2v) is 31.9. The summed E-state index contributed by atoms with van der Waals surface area (Å²) in [5, 5.41) is 30.0. The average molecular weight is 1500 g/mol. The summed E-state index contributed by atoms with van der Waals surface area (Å²) < 4.78 is 34.0. The number of hydrogen-bond donors (Lipinski definition) is 0. The zero-order chi connectivity index (χ0) is 77.0. The minimum Gasteiger partial charge on any atom is -0.493 e. The molecule has 0 radical (unpaired) electrons. The van der Waals surface area contributed by atoms with Crippen LogP contribution in [0.25, 0.3) is 0 Å². The fraction of sp³-hybridized carbons (Fsp3) is 0.636. The highest BCUT2D eigenvalue weighted by atomic mass is 16.5. The Balaban J connectivity index is 1.24. The molecule has 0 aromatic heterocycles. The van der Waals surface area contributed by atoms with Gasteiger partial charge in [0.2, 0.25) is 0 Å². The smallest absolute Gasteiger partial charge is 0.122 e. The molecule has 11 heteroatoms. The van der Waals surface area contributed by atoms with Crippen molar-refractivity contribution in [2.24, 2.45) is 30.7 Å². The number of benzene rings is 6. The zero-order valence-electron chi connectivity index (χ0n) is 70.2. The van der Waals surface area contributed by atoms with Gasteiger partial charge >= 0.3 is 0 Å². The van der Waals surface area contributed by atoms with E-state index in [2.05, 4.69) is 113 Å². The molecule has 0 atom stereocenters. The van der Waals surface area contributed by atoms with Crippen LogP contribution in [0.5, 0.6) is 28.7 Å². The Morgan fingerprint density at radius 3 is 0.582 bits per heavy atom. The summed E-state index contributed by atoms with van der Waals surface area (Å²) >= 11 is 0. The number of fused-ring (bicyclic) bond motifs is 12. The third-order valence-electron chi connectivity index (χ3n) is 21.9. The van der Waals surface area contributed by atoms with Gasteiger partial charge in [0.25, 0.3) is 0 Å². The maximum absolute atomic E-state index is 6.83. The Bertz CT molecular complexity index is 3410. The minimum absolute atomic E-state index is 0.540. The first-order valence-corrected chi connectivity index (χ1v) is 45.6. The monoisotopic (exact) mass is 1500 g/mol. The van der Waals surface area contributed by atoms with Gasteiger partial charge in [0.1, 0.15) is 28.7 Å². The SMILES string of the molecule is CCCCCCCCCCCCOc1ccc2cc1Cc1cccc(c1)N=Nc1ccc(OCCCCCCCCCCCC)c(c1)Cc1cc(ccc1OCCCCCCCCCCCC)N=Nc1ccc(OCCCCCCCCCCCC)c(c1)Cc1cc(ccc1OCCCCCCCCCCCC)N=N2. The molecule has 0 aliphatic carbocycles. The number of ether oxygens (including phenoxy) is 5. The first-order valence-electron chi connectivity index (χ1n) is 45.6. The molecule has 7 rings (SSSR count). The first-order chi connectivity index (χ1) is 54.4. The van der Waals surface area contributed by atoms with E-state index in [0.29, 0.717) is 52.3 Å². The van der Waals surface area contributed by atoms with Crippen molar-refractivity contribution in [3.8, 4) is 28.7 Å². The van der Waals surface area contributed by atoms with Crippen LogP contribution in [0.15, 0.2) is 146 Å². The van der Waals surface area contributed by atoms with Gasteiger partial charge < -0.3 is 23.7 Å². The van der Waals surface area contributed by atoms with E-state index in [1.54, 1.807) is 0 Å². The second-order valence-electron chi connectivity index (χ2n) is 31.9. The van der Waals surface area contributed by atoms with Gasteiger partial charge in [0.15, 0.2) is 0 Å². The van der Waals surface area contributed by atoms with Crippen molar-refractivity contribution in [1.82, 2.24) is 0 Å². The first kappa shape index (κ1) is 90.3. The summed E-state index contributed by atoms with van der Waals surface area (Å²) in [5.74, 6) is 4.28. The van der Waals surface area contributed by atoms with Crippen LogP contribution in [-0.4, -0.2) is 33.0 Å². The highest BCUT2D eigenvalue weighted by molar-refractivity contribution is 5.57. The summed E-state index contributed by atoms with van der Waals surface area (Å²) in [7, 11) is 0. The van der Waals surface area contributed by atoms with E-state index in [1.807, 2.05) is 36.4 Å². The molecular formula is C99H150N6O5. The van der Waals surface area contributed by atoms with Crippen molar-refractivity contribution in [3.63, 3.8) is 0 Å². The van der Waals surface area contributed by atoms with E-state index >= 15 is 0 Å². The van der Waals surface area contributed by atoms with Crippen LogP contribution in [0.4, 0.5) is 34.1 Å². The topological polar surface area (TPSA) is 120 Å². The molecular weight excluding hydrogens is 1350 g/mol. The Labute approximate surface area is 670 Å². The molecule has 1 aliphatic rings. The molecule has 0 unspecified atom stereocenters. The standard InChI is InChI=1S/C99H150N6O5/c1-6-11-16-21-26-31-36-41-46-51-69-106-95-64-59-90-78-84(95)74-83-57-56-58-89(75-83)100-101-91-60-65-96(107-70-52-47-42-37-32-27-22-17-12-7-2)85(79-91)76-86-81-93(62-67-98(86)109-72-54-49-44-39-34-29-24-19-14-9-4)104-105-94-63-68-99(110-73-55-50-45-40-35-30-25-20-15-10-5)88(82-94)77-87-80-92(103-102-90)61-66-97(87)108-71-53-48-43-38-33-28-23-18-13-8-3/h56-68,75,78-82H,6-55,69-74,76-77H2,1-5H3. The normalized spacial score (nSPS) is 12.2. The minimum atomic E-state index is 0.540. The number of azo groups is 3. The lowest BCUT2D eigenvalue weighted by Gasteiger charge is -2.16. The van der Waals surface area contributed by atoms with E-state index in [4.69, 9.17) is 54.4 Å². The molecule has 1 heterocycles. The van der Waals surface area contributed by atoms with Crippen LogP contribution >= 0.6 is 0 Å². The zero-order valence-corrected chi connectivity index (χ0v) is 70.2. The van der Waals surface area contributed by atoms with Crippen LogP contribution < -0.4 is 23.7 Å². The largest absolute Gasteiger partial charge is 0.493 e. The second kappa shape index (κ2) is 59.8. The van der Waals surface area contributed by atoms with Crippen molar-refractivity contribution in [1.29, 1.82) is 0 Å². The molecule has 0 saturated heterocycles. The molecule has 0 saturated carbocycles. The van der Waals surface area contributed by atoms with Crippen LogP contribution in [-0.2, 0) is 19.3 Å². The maximum atomic E-state index is 6.83. The lowest BCUT2D eigenvalue weighted by molar-refractivity contribution is 0.298. The maximum Gasteiger partial charge on any atom is 0.122 e. The van der Waals surface area contributed by atoms with E-state index in [1.165, 1.54) is 257 Å². The Morgan fingerprint density at radius 1 is 0.191 bits per heavy atom. The van der Waals surface area contributed by atoms with E-state index < -0.39 is 0 Å². The lowest BCUT2D eigenvalue weighted by atomic mass is 10.0. The third kappa shape index (κ3) is 39.5. The fourth-order valence-corrected chi connectivity index (χ4v) is 15.1. The molecule has 110 heavy (non-hydrogen) atoms. The number of rotatable bonds is 60. The molecule has 1 aliphatic heterocycles. The summed E-state index contributed by atoms with van der Waals surface area (Å²) in [6, 6.07) is 39.9. The van der Waals surface area contributed by atoms with Gasteiger partial charge in [-0.25, -0.2) is 0 Å². The quantitative estimate of drug-likeness (QED) is 0.0352. The van der Waals surface area contributed by atoms with Gasteiger partial charge in [0, 0.05) is 47.1 Å². The van der Waals surface area contributed by atoms with Crippen molar-refractivity contribution < 1.29 is 23.7 Å². The molecule has 0 fully saturated rings. The highest BCUT2D eigenvalue weighted by Crippen LogP contribution is 2.38. The average Bonchev–Trinajstić information content (AvgIpc) is 0.851. The molecule has 11 nitrogen and oxygen atoms in total. The number of unbranched alkanes of at least 4 members (excludes halogenated alkanes) is 45. The Hall–Kier alpha value is -6.88. The predicted octanol–water partition coefficient (Wildman–Crippen LogP) is 33.5. The molecule has 6 aromatic rings. The predicted molar refractivity (Wildman–Crippen MR) is 466 cm³/mol. The summed E-state index contributed by atoms with van der Waals surface area (Å²) in [4.78, 5) is 0. The van der Waals surface area contributed by atoms with Crippen LogP contribution in [0, 0.1) is 0 Å². The molecule has 0 N–H and O–H groups in total. The van der Waals surface area contributed by atoms with Crippen molar-refractivity contribution in [2.75, 3.05) is 33.0 Å². The molecule has 0 amide bonds. The van der Waals surface area contributed by atoms with Crippen molar-refractivity contribution in [3.05, 3.63) is 149 Å². The van der Waals surface area contributed by atoms with Crippen LogP contribution in [0.3, 0.4) is 0 Å². The van der Waals surface area contributed by atoms with Crippen molar-refractivity contribution >= 4 is 34.1 Å². The summed E-state index contributed by atoms with van der Waals surface area (Å²) in [5.41, 5.74) is 10.8. The molecule has 12 bridgehead atoms. The Morgan fingerprint density at radius 2 is 0.373 bits per heavy atom. The van der Waals surface area contributed by atoms with E-state index in [9.17, 15) is 0 Å². The van der Waals surface area contributed by atoms with Gasteiger partial charge in [-0.3, -0.25) is 0 Å². The lowest BCUT2D eigenvalue weighted by Crippen LogP contribution is -2.04. The molecule has 606 valence electrons. The molecule has 6 aromatic carbocycles. The van der Waals surface area contributed by atoms with Crippen LogP contribution in [0.2, 0.25) is 0 Å². The van der Waals surface area contributed by atoms with E-state index in [-0.39, 0.29) is 0 Å². The number of nitrogens with zero attached hydrogens (tertiary/aromatic N) is 6. The van der Waals surface area contributed by atoms with Gasteiger partial charge in [-0.05, 0) is 141 Å².